The molecule has 1 aliphatic heterocycles. The Labute approximate surface area is 110 Å². The van der Waals surface area contributed by atoms with Crippen molar-refractivity contribution in [2.24, 2.45) is 0 Å². The van der Waals surface area contributed by atoms with Crippen LogP contribution < -0.4 is 0 Å². The minimum absolute atomic E-state index is 0.0401. The number of hydrogen-bond acceptors (Lipinski definition) is 5. The quantitative estimate of drug-likeness (QED) is 0.756. The fourth-order valence-corrected chi connectivity index (χ4v) is 4.58. The van der Waals surface area contributed by atoms with E-state index in [-0.39, 0.29) is 35.6 Å². The summed E-state index contributed by atoms with van der Waals surface area (Å²) in [4.78, 5) is 0. The molecular weight excluding hydrogens is 302 g/mol. The van der Waals surface area contributed by atoms with E-state index in [0.29, 0.717) is 5.76 Å². The van der Waals surface area contributed by atoms with Crippen molar-refractivity contribution in [3.8, 4) is 0 Å². The van der Waals surface area contributed by atoms with Crippen molar-refractivity contribution in [3.63, 3.8) is 0 Å². The first-order chi connectivity index (χ1) is 8.35. The van der Waals surface area contributed by atoms with E-state index in [1.54, 1.807) is 0 Å². The highest BCUT2D eigenvalue weighted by Gasteiger charge is 2.33. The number of alkyl halides is 1. The van der Waals surface area contributed by atoms with Crippen molar-refractivity contribution in [2.75, 3.05) is 24.6 Å². The Hall–Kier alpha value is -0.570. The maximum Gasteiger partial charge on any atom is 0.276 e. The van der Waals surface area contributed by atoms with Gasteiger partial charge in [-0.3, -0.25) is 0 Å². The minimum Gasteiger partial charge on any atom is -0.447 e. The molecule has 0 aliphatic carbocycles. The second-order valence-corrected chi connectivity index (χ2v) is 8.35. The number of sulfone groups is 1. The molecular formula is C9H12ClNO5S2. The summed E-state index contributed by atoms with van der Waals surface area (Å²) >= 11 is 5.53. The van der Waals surface area contributed by atoms with E-state index in [1.165, 1.54) is 12.1 Å². The molecule has 9 heteroatoms. The lowest BCUT2D eigenvalue weighted by atomic mass is 10.5. The number of hydrogen-bond donors (Lipinski definition) is 0. The van der Waals surface area contributed by atoms with Gasteiger partial charge in [-0.05, 0) is 12.1 Å². The maximum absolute atomic E-state index is 12.1. The summed E-state index contributed by atoms with van der Waals surface area (Å²) in [5, 5.41) is -0.197. The number of furan rings is 1. The first-order valence-corrected chi connectivity index (χ1v) is 9.00. The molecule has 0 unspecified atom stereocenters. The SMILES string of the molecule is O=S1(=O)CCN(S(=O)(=O)c2ccc(CCl)o2)CC1. The van der Waals surface area contributed by atoms with Gasteiger partial charge >= 0.3 is 0 Å². The third kappa shape index (κ3) is 2.71. The van der Waals surface area contributed by atoms with E-state index in [1.807, 2.05) is 0 Å². The zero-order chi connectivity index (χ0) is 13.4. The van der Waals surface area contributed by atoms with Gasteiger partial charge in [0.2, 0.25) is 5.09 Å². The van der Waals surface area contributed by atoms with Crippen LogP contribution >= 0.6 is 11.6 Å². The molecule has 1 saturated heterocycles. The highest BCUT2D eigenvalue weighted by molar-refractivity contribution is 7.92. The lowest BCUT2D eigenvalue weighted by Crippen LogP contribution is -2.43. The third-order valence-corrected chi connectivity index (χ3v) is 6.31. The molecule has 102 valence electrons. The van der Waals surface area contributed by atoms with Gasteiger partial charge < -0.3 is 4.42 Å². The van der Waals surface area contributed by atoms with Crippen molar-refractivity contribution in [1.29, 1.82) is 0 Å². The fraction of sp³-hybridized carbons (Fsp3) is 0.556. The molecule has 0 N–H and O–H groups in total. The summed E-state index contributed by atoms with van der Waals surface area (Å²) in [6.45, 7) is -0.0802. The van der Waals surface area contributed by atoms with Crippen molar-refractivity contribution < 1.29 is 21.3 Å². The largest absolute Gasteiger partial charge is 0.447 e. The minimum atomic E-state index is -3.76. The van der Waals surface area contributed by atoms with Gasteiger partial charge in [0.25, 0.3) is 10.0 Å². The standard InChI is InChI=1S/C9H12ClNO5S2/c10-7-8-1-2-9(16-8)18(14,15)11-3-5-17(12,13)6-4-11/h1-2H,3-7H2. The van der Waals surface area contributed by atoms with E-state index in [4.69, 9.17) is 16.0 Å². The summed E-state index contributed by atoms with van der Waals surface area (Å²) in [6, 6.07) is 2.82. The highest BCUT2D eigenvalue weighted by Crippen LogP contribution is 2.21. The van der Waals surface area contributed by atoms with Crippen molar-refractivity contribution in [3.05, 3.63) is 17.9 Å². The molecule has 0 saturated carbocycles. The molecule has 0 bridgehead atoms. The van der Waals surface area contributed by atoms with Crippen LogP contribution in [0.5, 0.6) is 0 Å². The smallest absolute Gasteiger partial charge is 0.276 e. The molecule has 1 fully saturated rings. The van der Waals surface area contributed by atoms with Crippen molar-refractivity contribution in [2.45, 2.75) is 11.0 Å². The van der Waals surface area contributed by atoms with E-state index in [0.717, 1.165) is 4.31 Å². The van der Waals surface area contributed by atoms with Crippen LogP contribution in [0.3, 0.4) is 0 Å². The monoisotopic (exact) mass is 313 g/mol. The van der Waals surface area contributed by atoms with Crippen LogP contribution in [0.2, 0.25) is 0 Å². The van der Waals surface area contributed by atoms with E-state index in [2.05, 4.69) is 0 Å². The zero-order valence-electron chi connectivity index (χ0n) is 9.37. The van der Waals surface area contributed by atoms with Crippen LogP contribution in [0.15, 0.2) is 21.6 Å². The van der Waals surface area contributed by atoms with Gasteiger partial charge in [-0.2, -0.15) is 4.31 Å². The Kier molecular flexibility index (Phi) is 3.72. The molecule has 18 heavy (non-hydrogen) atoms. The van der Waals surface area contributed by atoms with Gasteiger partial charge in [0.05, 0.1) is 17.4 Å². The topological polar surface area (TPSA) is 84.7 Å². The highest BCUT2D eigenvalue weighted by atomic mass is 35.5. The number of nitrogens with zero attached hydrogens (tertiary/aromatic N) is 1. The average Bonchev–Trinajstić information content (AvgIpc) is 2.77. The molecule has 2 heterocycles. The van der Waals surface area contributed by atoms with Gasteiger partial charge in [0.15, 0.2) is 9.84 Å². The molecule has 0 radical (unpaired) electrons. The van der Waals surface area contributed by atoms with Crippen LogP contribution in [-0.2, 0) is 25.7 Å². The van der Waals surface area contributed by atoms with Crippen LogP contribution in [0.1, 0.15) is 5.76 Å². The second kappa shape index (κ2) is 4.84. The van der Waals surface area contributed by atoms with E-state index in [9.17, 15) is 16.8 Å². The van der Waals surface area contributed by atoms with Crippen molar-refractivity contribution >= 4 is 31.5 Å². The molecule has 0 aromatic carbocycles. The van der Waals surface area contributed by atoms with Crippen LogP contribution in [0, 0.1) is 0 Å². The number of halogens is 1. The average molecular weight is 314 g/mol. The Morgan fingerprint density at radius 2 is 1.89 bits per heavy atom. The molecule has 0 atom stereocenters. The fourth-order valence-electron chi connectivity index (χ4n) is 1.63. The Morgan fingerprint density at radius 1 is 1.28 bits per heavy atom. The van der Waals surface area contributed by atoms with Crippen molar-refractivity contribution in [1.82, 2.24) is 4.31 Å². The lowest BCUT2D eigenvalue weighted by molar-refractivity contribution is 0.381. The number of rotatable bonds is 3. The summed E-state index contributed by atoms with van der Waals surface area (Å²) in [5.41, 5.74) is 0. The Balaban J connectivity index is 2.22. The predicted octanol–water partition coefficient (Wildman–Crippen LogP) is 0.438. The number of sulfonamides is 1. The molecule has 0 amide bonds. The Bertz CT molecular complexity index is 620. The van der Waals surface area contributed by atoms with Crippen LogP contribution in [0.25, 0.3) is 0 Å². The summed E-state index contributed by atoms with van der Waals surface area (Å²) < 4.78 is 52.9. The third-order valence-electron chi connectivity index (χ3n) is 2.67. The predicted molar refractivity (Wildman–Crippen MR) is 65.7 cm³/mol. The maximum atomic E-state index is 12.1. The van der Waals surface area contributed by atoms with Crippen LogP contribution in [-0.4, -0.2) is 45.7 Å². The van der Waals surface area contributed by atoms with Gasteiger partial charge in [-0.25, -0.2) is 16.8 Å². The summed E-state index contributed by atoms with van der Waals surface area (Å²) in [6.07, 6.45) is 0. The van der Waals surface area contributed by atoms with Gasteiger partial charge in [-0.1, -0.05) is 0 Å². The van der Waals surface area contributed by atoms with Gasteiger partial charge in [0, 0.05) is 13.1 Å². The molecule has 1 aromatic rings. The summed E-state index contributed by atoms with van der Waals surface area (Å²) in [7, 11) is -6.87. The first kappa shape index (κ1) is 13.9. The summed E-state index contributed by atoms with van der Waals surface area (Å²) in [5.74, 6) is 0.133. The van der Waals surface area contributed by atoms with Crippen LogP contribution in [0.4, 0.5) is 0 Å². The van der Waals surface area contributed by atoms with E-state index < -0.39 is 19.9 Å². The van der Waals surface area contributed by atoms with Gasteiger partial charge in [-0.15, -0.1) is 11.6 Å². The first-order valence-electron chi connectivity index (χ1n) is 5.20. The van der Waals surface area contributed by atoms with E-state index >= 15 is 0 Å². The lowest BCUT2D eigenvalue weighted by Gasteiger charge is -2.24. The zero-order valence-corrected chi connectivity index (χ0v) is 11.8. The molecule has 6 nitrogen and oxygen atoms in total. The normalized spacial score (nSPS) is 20.9. The van der Waals surface area contributed by atoms with Gasteiger partial charge in [0.1, 0.15) is 5.76 Å². The Morgan fingerprint density at radius 3 is 2.39 bits per heavy atom. The molecule has 0 spiro atoms. The molecule has 2 rings (SSSR count). The molecule has 1 aliphatic rings. The second-order valence-electron chi connectivity index (χ2n) is 3.91. The molecule has 1 aromatic heterocycles.